The molecule has 0 spiro atoms. The van der Waals surface area contributed by atoms with Crippen molar-refractivity contribution in [1.29, 1.82) is 0 Å². The molecule has 2 heterocycles. The average molecular weight is 367 g/mol. The molecule has 0 unspecified atom stereocenters. The highest BCUT2D eigenvalue weighted by Crippen LogP contribution is 2.43. The van der Waals surface area contributed by atoms with Crippen LogP contribution in [0.3, 0.4) is 0 Å². The summed E-state index contributed by atoms with van der Waals surface area (Å²) in [4.78, 5) is 27.3. The smallest absolute Gasteiger partial charge is 0.306 e. The van der Waals surface area contributed by atoms with Gasteiger partial charge in [0.25, 0.3) is 0 Å². The topological polar surface area (TPSA) is 90.1 Å². The van der Waals surface area contributed by atoms with Crippen LogP contribution in [-0.2, 0) is 0 Å². The Morgan fingerprint density at radius 2 is 2.00 bits per heavy atom. The van der Waals surface area contributed by atoms with Crippen molar-refractivity contribution in [2.24, 2.45) is 0 Å². The van der Waals surface area contributed by atoms with E-state index in [1.54, 1.807) is 37.6 Å². The first kappa shape index (κ1) is 16.5. The molecule has 1 aliphatic carbocycles. The van der Waals surface area contributed by atoms with Crippen molar-refractivity contribution in [3.8, 4) is 21.8 Å². The fraction of sp³-hybridized carbons (Fsp3) is 0.167. The number of H-pyrrole nitrogens is 1. The normalized spacial score (nSPS) is 12.2. The third-order valence-corrected chi connectivity index (χ3v) is 5.12. The number of hydrazine groups is 1. The molecular formula is C18H17N5O2S. The second-order valence-corrected chi connectivity index (χ2v) is 7.54. The lowest BCUT2D eigenvalue weighted by Gasteiger charge is -2.14. The first-order valence-electron chi connectivity index (χ1n) is 8.04. The summed E-state index contributed by atoms with van der Waals surface area (Å²) in [7, 11) is 3.43. The van der Waals surface area contributed by atoms with Gasteiger partial charge in [-0.1, -0.05) is 12.1 Å². The van der Waals surface area contributed by atoms with Crippen LogP contribution in [0, 0.1) is 6.92 Å². The van der Waals surface area contributed by atoms with Crippen molar-refractivity contribution in [3.05, 3.63) is 46.3 Å². The number of nitrogens with zero attached hydrogens (tertiary/aromatic N) is 2. The van der Waals surface area contributed by atoms with Crippen molar-refractivity contribution in [3.63, 3.8) is 0 Å². The average Bonchev–Trinajstić information content (AvgIpc) is 3.24. The van der Waals surface area contributed by atoms with E-state index in [1.807, 2.05) is 25.1 Å². The highest BCUT2D eigenvalue weighted by atomic mass is 32.1. The van der Waals surface area contributed by atoms with Crippen LogP contribution in [0.5, 0.6) is 0 Å². The largest absolute Gasteiger partial charge is 0.333 e. The number of nitrogens with one attached hydrogen (secondary N) is 3. The van der Waals surface area contributed by atoms with Crippen LogP contribution >= 0.6 is 11.3 Å². The number of benzene rings is 1. The molecule has 0 radical (unpaired) electrons. The standard InChI is InChI=1S/C18H17N5O2S/c1-9-7-8-12(26-9)16-14-15(20-21-16)10-5-4-6-11(13(10)17(14)24)19-18(25)22-23(2)3/h4-8H,1-3H3,(H,20,21)(H2,19,22,25). The van der Waals surface area contributed by atoms with E-state index in [0.717, 1.165) is 21.0 Å². The molecule has 3 aromatic rings. The Hall–Kier alpha value is -2.97. The summed E-state index contributed by atoms with van der Waals surface area (Å²) in [5, 5.41) is 11.6. The summed E-state index contributed by atoms with van der Waals surface area (Å²) in [6.45, 7) is 2.02. The molecule has 0 saturated heterocycles. The van der Waals surface area contributed by atoms with Crippen molar-refractivity contribution in [2.75, 3.05) is 19.4 Å². The first-order chi connectivity index (χ1) is 12.5. The van der Waals surface area contributed by atoms with Crippen molar-refractivity contribution < 1.29 is 9.59 Å². The minimum absolute atomic E-state index is 0.134. The molecule has 0 bridgehead atoms. The number of aromatic amines is 1. The maximum absolute atomic E-state index is 13.1. The Morgan fingerprint density at radius 3 is 2.69 bits per heavy atom. The van der Waals surface area contributed by atoms with Crippen LogP contribution in [-0.4, -0.2) is 41.1 Å². The molecule has 26 heavy (non-hydrogen) atoms. The zero-order valence-electron chi connectivity index (χ0n) is 14.5. The van der Waals surface area contributed by atoms with Crippen LogP contribution in [0.15, 0.2) is 30.3 Å². The van der Waals surface area contributed by atoms with E-state index in [9.17, 15) is 9.59 Å². The quantitative estimate of drug-likeness (QED) is 0.485. The molecule has 2 amide bonds. The Balaban J connectivity index is 1.76. The predicted molar refractivity (Wildman–Crippen MR) is 101 cm³/mol. The summed E-state index contributed by atoms with van der Waals surface area (Å²) >= 11 is 1.61. The minimum atomic E-state index is -0.406. The lowest BCUT2D eigenvalue weighted by atomic mass is 10.1. The molecule has 4 rings (SSSR count). The maximum Gasteiger partial charge on any atom is 0.333 e. The number of aromatic nitrogens is 2. The van der Waals surface area contributed by atoms with E-state index >= 15 is 0 Å². The fourth-order valence-electron chi connectivity index (χ4n) is 3.08. The van der Waals surface area contributed by atoms with Gasteiger partial charge in [-0.25, -0.2) is 9.80 Å². The highest BCUT2D eigenvalue weighted by Gasteiger charge is 2.35. The number of fused-ring (bicyclic) bond motifs is 3. The minimum Gasteiger partial charge on any atom is -0.306 e. The van der Waals surface area contributed by atoms with Crippen LogP contribution in [0.2, 0.25) is 0 Å². The Labute approximate surface area is 154 Å². The van der Waals surface area contributed by atoms with Gasteiger partial charge in [-0.2, -0.15) is 5.10 Å². The molecule has 132 valence electrons. The molecule has 1 aliphatic rings. The fourth-order valence-corrected chi connectivity index (χ4v) is 3.95. The second-order valence-electron chi connectivity index (χ2n) is 6.25. The van der Waals surface area contributed by atoms with Gasteiger partial charge in [0.2, 0.25) is 0 Å². The Bertz CT molecular complexity index is 1030. The van der Waals surface area contributed by atoms with E-state index < -0.39 is 6.03 Å². The van der Waals surface area contributed by atoms with E-state index in [0.29, 0.717) is 22.5 Å². The van der Waals surface area contributed by atoms with Gasteiger partial charge < -0.3 is 5.32 Å². The molecular weight excluding hydrogens is 350 g/mol. The molecule has 0 aliphatic heterocycles. The molecule has 0 saturated carbocycles. The van der Waals surface area contributed by atoms with E-state index in [-0.39, 0.29) is 5.78 Å². The maximum atomic E-state index is 13.1. The van der Waals surface area contributed by atoms with Gasteiger partial charge in [-0.3, -0.25) is 15.3 Å². The van der Waals surface area contributed by atoms with E-state index in [1.165, 1.54) is 5.01 Å². The molecule has 0 fully saturated rings. The first-order valence-corrected chi connectivity index (χ1v) is 8.85. The van der Waals surface area contributed by atoms with Crippen molar-refractivity contribution >= 4 is 28.8 Å². The van der Waals surface area contributed by atoms with Gasteiger partial charge in [-0.05, 0) is 25.1 Å². The molecule has 1 aromatic carbocycles. The van der Waals surface area contributed by atoms with Crippen LogP contribution < -0.4 is 10.7 Å². The van der Waals surface area contributed by atoms with Crippen LogP contribution in [0.4, 0.5) is 10.5 Å². The van der Waals surface area contributed by atoms with Crippen LogP contribution in [0.1, 0.15) is 20.8 Å². The number of carbonyl (C=O) groups excluding carboxylic acids is 2. The third-order valence-electron chi connectivity index (χ3n) is 4.10. The lowest BCUT2D eigenvalue weighted by molar-refractivity contribution is 0.104. The van der Waals surface area contributed by atoms with Gasteiger partial charge >= 0.3 is 6.03 Å². The SMILES string of the molecule is Cc1ccc(-c2[nH]nc3c2C(=O)c2c(NC(=O)NN(C)C)cccc2-3)s1. The number of anilines is 1. The summed E-state index contributed by atoms with van der Waals surface area (Å²) in [5.74, 6) is -0.134. The number of urea groups is 1. The number of hydrogen-bond donors (Lipinski definition) is 3. The number of carbonyl (C=O) groups is 2. The summed E-state index contributed by atoms with van der Waals surface area (Å²) in [6.07, 6.45) is 0. The summed E-state index contributed by atoms with van der Waals surface area (Å²) < 4.78 is 0. The predicted octanol–water partition coefficient (Wildman–Crippen LogP) is 3.26. The summed E-state index contributed by atoms with van der Waals surface area (Å²) in [5.41, 5.74) is 6.19. The van der Waals surface area contributed by atoms with Gasteiger partial charge in [0, 0.05) is 24.5 Å². The van der Waals surface area contributed by atoms with Gasteiger partial charge in [-0.15, -0.1) is 11.3 Å². The van der Waals surface area contributed by atoms with E-state index in [4.69, 9.17) is 0 Å². The number of ketones is 1. The number of amides is 2. The van der Waals surface area contributed by atoms with Gasteiger partial charge in [0.1, 0.15) is 5.69 Å². The number of hydrogen-bond acceptors (Lipinski definition) is 5. The molecule has 8 heteroatoms. The van der Waals surface area contributed by atoms with Gasteiger partial charge in [0.05, 0.1) is 27.4 Å². The molecule has 0 atom stereocenters. The third kappa shape index (κ3) is 2.59. The number of rotatable bonds is 3. The highest BCUT2D eigenvalue weighted by molar-refractivity contribution is 7.15. The number of aryl methyl sites for hydroxylation is 1. The van der Waals surface area contributed by atoms with Crippen molar-refractivity contribution in [1.82, 2.24) is 20.6 Å². The Kier molecular flexibility index (Phi) is 3.86. The second kappa shape index (κ2) is 6.08. The van der Waals surface area contributed by atoms with E-state index in [2.05, 4.69) is 20.9 Å². The zero-order valence-corrected chi connectivity index (χ0v) is 15.3. The molecule has 3 N–H and O–H groups in total. The summed E-state index contributed by atoms with van der Waals surface area (Å²) in [6, 6.07) is 8.95. The lowest BCUT2D eigenvalue weighted by Crippen LogP contribution is -2.39. The van der Waals surface area contributed by atoms with Crippen LogP contribution in [0.25, 0.3) is 21.8 Å². The molecule has 7 nitrogen and oxygen atoms in total. The monoisotopic (exact) mass is 367 g/mol. The van der Waals surface area contributed by atoms with Crippen molar-refractivity contribution in [2.45, 2.75) is 6.92 Å². The molecule has 2 aromatic heterocycles. The van der Waals surface area contributed by atoms with Gasteiger partial charge in [0.15, 0.2) is 5.78 Å². The zero-order chi connectivity index (χ0) is 18.4. The number of thiophene rings is 1. The Morgan fingerprint density at radius 1 is 1.19 bits per heavy atom.